The van der Waals surface area contributed by atoms with Crippen molar-refractivity contribution < 1.29 is 4.42 Å². The largest absolute Gasteiger partial charge is 0.463 e. The molecule has 0 radical (unpaired) electrons. The topological polar surface area (TPSA) is 41.3 Å². The molecule has 2 heterocycles. The van der Waals surface area contributed by atoms with Crippen LogP contribution in [0.3, 0.4) is 0 Å². The number of hydrogen-bond acceptors (Lipinski definition) is 4. The SMILES string of the molecule is CCNCc1ccc(CN(CC)Cc2ccncc2)o1. The Hall–Kier alpha value is -1.65. The van der Waals surface area contributed by atoms with E-state index in [2.05, 4.69) is 53.3 Å². The first-order chi connectivity index (χ1) is 9.81. The normalized spacial score (nSPS) is 11.2. The molecule has 4 heteroatoms. The highest BCUT2D eigenvalue weighted by Crippen LogP contribution is 2.12. The van der Waals surface area contributed by atoms with Gasteiger partial charge >= 0.3 is 0 Å². The van der Waals surface area contributed by atoms with Crippen molar-refractivity contribution in [3.05, 3.63) is 53.7 Å². The number of pyridine rings is 1. The third-order valence-electron chi connectivity index (χ3n) is 3.25. The minimum atomic E-state index is 0.799. The first kappa shape index (κ1) is 14.8. The third kappa shape index (κ3) is 4.47. The molecule has 2 aromatic heterocycles. The van der Waals surface area contributed by atoms with Crippen LogP contribution in [0.15, 0.2) is 41.1 Å². The van der Waals surface area contributed by atoms with Crippen molar-refractivity contribution in [2.24, 2.45) is 0 Å². The van der Waals surface area contributed by atoms with Crippen LogP contribution < -0.4 is 5.32 Å². The van der Waals surface area contributed by atoms with Crippen LogP contribution in [0.4, 0.5) is 0 Å². The summed E-state index contributed by atoms with van der Waals surface area (Å²) in [6.07, 6.45) is 3.68. The average Bonchev–Trinajstić information content (AvgIpc) is 2.93. The zero-order chi connectivity index (χ0) is 14.2. The van der Waals surface area contributed by atoms with Crippen molar-refractivity contribution in [1.82, 2.24) is 15.2 Å². The lowest BCUT2D eigenvalue weighted by atomic mass is 10.2. The second-order valence-corrected chi connectivity index (χ2v) is 4.81. The van der Waals surface area contributed by atoms with Gasteiger partial charge in [-0.1, -0.05) is 13.8 Å². The Labute approximate surface area is 120 Å². The highest BCUT2D eigenvalue weighted by Gasteiger charge is 2.08. The predicted octanol–water partition coefficient (Wildman–Crippen LogP) is 2.81. The molecule has 2 rings (SSSR count). The second kappa shape index (κ2) is 7.82. The summed E-state index contributed by atoms with van der Waals surface area (Å²) in [6.45, 7) is 8.77. The van der Waals surface area contributed by atoms with E-state index >= 15 is 0 Å². The van der Waals surface area contributed by atoms with Crippen LogP contribution in [-0.2, 0) is 19.6 Å². The quantitative estimate of drug-likeness (QED) is 0.803. The number of furan rings is 1. The second-order valence-electron chi connectivity index (χ2n) is 4.81. The van der Waals surface area contributed by atoms with Gasteiger partial charge in [-0.15, -0.1) is 0 Å². The van der Waals surface area contributed by atoms with E-state index < -0.39 is 0 Å². The molecule has 0 unspecified atom stereocenters. The summed E-state index contributed by atoms with van der Waals surface area (Å²) in [5.41, 5.74) is 1.28. The van der Waals surface area contributed by atoms with Crippen molar-refractivity contribution in [3.8, 4) is 0 Å². The standard InChI is InChI=1S/C16H23N3O/c1-3-17-11-15-5-6-16(20-15)13-19(4-2)12-14-7-9-18-10-8-14/h5-10,17H,3-4,11-13H2,1-2H3. The van der Waals surface area contributed by atoms with E-state index in [0.29, 0.717) is 0 Å². The smallest absolute Gasteiger partial charge is 0.118 e. The summed E-state index contributed by atoms with van der Waals surface area (Å²) < 4.78 is 5.84. The third-order valence-corrected chi connectivity index (χ3v) is 3.25. The van der Waals surface area contributed by atoms with Crippen LogP contribution in [0.5, 0.6) is 0 Å². The maximum Gasteiger partial charge on any atom is 0.118 e. The molecule has 0 fully saturated rings. The van der Waals surface area contributed by atoms with Gasteiger partial charge in [-0.3, -0.25) is 9.88 Å². The van der Waals surface area contributed by atoms with E-state index in [1.165, 1.54) is 5.56 Å². The van der Waals surface area contributed by atoms with E-state index in [1.807, 2.05) is 12.4 Å². The first-order valence-electron chi connectivity index (χ1n) is 7.21. The molecule has 0 aliphatic carbocycles. The zero-order valence-electron chi connectivity index (χ0n) is 12.3. The minimum Gasteiger partial charge on any atom is -0.463 e. The Morgan fingerprint density at radius 3 is 2.50 bits per heavy atom. The van der Waals surface area contributed by atoms with E-state index in [9.17, 15) is 0 Å². The van der Waals surface area contributed by atoms with Crippen LogP contribution in [-0.4, -0.2) is 23.0 Å². The van der Waals surface area contributed by atoms with Crippen molar-refractivity contribution >= 4 is 0 Å². The van der Waals surface area contributed by atoms with Gasteiger partial charge in [0.2, 0.25) is 0 Å². The predicted molar refractivity (Wildman–Crippen MR) is 80.1 cm³/mol. The summed E-state index contributed by atoms with van der Waals surface area (Å²) in [7, 11) is 0. The molecular formula is C16H23N3O. The molecule has 0 bridgehead atoms. The Bertz CT molecular complexity index is 495. The summed E-state index contributed by atoms with van der Waals surface area (Å²) in [5.74, 6) is 2.02. The van der Waals surface area contributed by atoms with Gasteiger partial charge in [-0.25, -0.2) is 0 Å². The van der Waals surface area contributed by atoms with Crippen molar-refractivity contribution in [2.45, 2.75) is 33.5 Å². The minimum absolute atomic E-state index is 0.799. The van der Waals surface area contributed by atoms with Crippen LogP contribution in [0.2, 0.25) is 0 Å². The lowest BCUT2D eigenvalue weighted by molar-refractivity contribution is 0.244. The van der Waals surface area contributed by atoms with Gasteiger partial charge < -0.3 is 9.73 Å². The van der Waals surface area contributed by atoms with Crippen molar-refractivity contribution in [1.29, 1.82) is 0 Å². The van der Waals surface area contributed by atoms with Crippen molar-refractivity contribution in [2.75, 3.05) is 13.1 Å². The van der Waals surface area contributed by atoms with E-state index in [-0.39, 0.29) is 0 Å². The summed E-state index contributed by atoms with van der Waals surface area (Å²) >= 11 is 0. The molecular weight excluding hydrogens is 250 g/mol. The number of aromatic nitrogens is 1. The summed E-state index contributed by atoms with van der Waals surface area (Å²) in [5, 5.41) is 3.27. The molecule has 1 N–H and O–H groups in total. The number of rotatable bonds is 8. The molecule has 0 amide bonds. The van der Waals surface area contributed by atoms with Gasteiger partial charge in [0.25, 0.3) is 0 Å². The molecule has 0 spiro atoms. The molecule has 0 aliphatic heterocycles. The fraction of sp³-hybridized carbons (Fsp3) is 0.438. The average molecular weight is 273 g/mol. The molecule has 0 saturated heterocycles. The lowest BCUT2D eigenvalue weighted by Crippen LogP contribution is -2.22. The van der Waals surface area contributed by atoms with E-state index in [0.717, 1.165) is 44.2 Å². The number of hydrogen-bond donors (Lipinski definition) is 1. The molecule has 2 aromatic rings. The van der Waals surface area contributed by atoms with Gasteiger partial charge in [-0.05, 0) is 42.9 Å². The van der Waals surface area contributed by atoms with Crippen LogP contribution in [0.25, 0.3) is 0 Å². The highest BCUT2D eigenvalue weighted by molar-refractivity contribution is 5.11. The number of nitrogens with one attached hydrogen (secondary N) is 1. The molecule has 0 aliphatic rings. The molecule has 0 aromatic carbocycles. The highest BCUT2D eigenvalue weighted by atomic mass is 16.3. The van der Waals surface area contributed by atoms with Gasteiger partial charge in [0, 0.05) is 18.9 Å². The Kier molecular flexibility index (Phi) is 5.77. The Balaban J connectivity index is 1.91. The van der Waals surface area contributed by atoms with Gasteiger partial charge in [0.1, 0.15) is 11.5 Å². The Morgan fingerprint density at radius 1 is 1.05 bits per heavy atom. The van der Waals surface area contributed by atoms with E-state index in [1.54, 1.807) is 0 Å². The lowest BCUT2D eigenvalue weighted by Gasteiger charge is -2.19. The van der Waals surface area contributed by atoms with Crippen molar-refractivity contribution in [3.63, 3.8) is 0 Å². The van der Waals surface area contributed by atoms with Crippen LogP contribution >= 0.6 is 0 Å². The molecule has 108 valence electrons. The molecule has 4 nitrogen and oxygen atoms in total. The molecule has 20 heavy (non-hydrogen) atoms. The van der Waals surface area contributed by atoms with E-state index in [4.69, 9.17) is 4.42 Å². The Morgan fingerprint density at radius 2 is 1.80 bits per heavy atom. The summed E-state index contributed by atoms with van der Waals surface area (Å²) in [6, 6.07) is 8.24. The first-order valence-corrected chi connectivity index (χ1v) is 7.21. The van der Waals surface area contributed by atoms with Crippen LogP contribution in [0.1, 0.15) is 30.9 Å². The summed E-state index contributed by atoms with van der Waals surface area (Å²) in [4.78, 5) is 6.40. The maximum atomic E-state index is 5.84. The van der Waals surface area contributed by atoms with Gasteiger partial charge in [-0.2, -0.15) is 0 Å². The molecule has 0 saturated carbocycles. The fourth-order valence-electron chi connectivity index (χ4n) is 2.10. The van der Waals surface area contributed by atoms with Gasteiger partial charge in [0.15, 0.2) is 0 Å². The number of nitrogens with zero attached hydrogens (tertiary/aromatic N) is 2. The zero-order valence-corrected chi connectivity index (χ0v) is 12.3. The molecule has 0 atom stereocenters. The maximum absolute atomic E-state index is 5.84. The fourth-order valence-corrected chi connectivity index (χ4v) is 2.10. The van der Waals surface area contributed by atoms with Gasteiger partial charge in [0.05, 0.1) is 13.1 Å². The monoisotopic (exact) mass is 273 g/mol. The van der Waals surface area contributed by atoms with Crippen LogP contribution in [0, 0.1) is 0 Å².